The number of imidazole rings is 1. The van der Waals surface area contributed by atoms with E-state index in [2.05, 4.69) is 45.7 Å². The van der Waals surface area contributed by atoms with Crippen LogP contribution in [0.3, 0.4) is 0 Å². The Hall–Kier alpha value is -1.00. The van der Waals surface area contributed by atoms with Crippen molar-refractivity contribution in [2.45, 2.75) is 13.5 Å². The van der Waals surface area contributed by atoms with Gasteiger partial charge in [0, 0.05) is 25.9 Å². The van der Waals surface area contributed by atoms with Crippen LogP contribution < -0.4 is 5.32 Å². The van der Waals surface area contributed by atoms with E-state index in [9.17, 15) is 0 Å². The number of hydrogen-bond donors (Lipinski definition) is 2. The van der Waals surface area contributed by atoms with Crippen LogP contribution in [-0.2, 0) is 13.6 Å². The maximum Gasteiger partial charge on any atom is 0.106 e. The Kier molecular flexibility index (Phi) is 3.51. The second-order valence-corrected chi connectivity index (χ2v) is 4.39. The van der Waals surface area contributed by atoms with E-state index in [0.29, 0.717) is 0 Å². The van der Waals surface area contributed by atoms with Crippen molar-refractivity contribution in [1.82, 2.24) is 14.9 Å². The second-order valence-electron chi connectivity index (χ2n) is 3.94. The highest BCUT2D eigenvalue weighted by molar-refractivity contribution is 7.80. The average molecular weight is 235 g/mol. The molecule has 0 amide bonds. The largest absolute Gasteiger partial charge is 0.331 e. The zero-order valence-electron chi connectivity index (χ0n) is 9.70. The molecule has 0 saturated heterocycles. The van der Waals surface area contributed by atoms with Gasteiger partial charge in [0.1, 0.15) is 5.82 Å². The van der Waals surface area contributed by atoms with Crippen molar-refractivity contribution in [1.29, 1.82) is 0 Å². The molecule has 0 spiro atoms. The number of benzene rings is 1. The van der Waals surface area contributed by atoms with Gasteiger partial charge in [0.05, 0.1) is 11.0 Å². The number of aryl methyl sites for hydroxylation is 2. The van der Waals surface area contributed by atoms with Gasteiger partial charge in [-0.3, -0.25) is 0 Å². The number of aromatic nitrogens is 2. The van der Waals surface area contributed by atoms with Crippen molar-refractivity contribution in [2.24, 2.45) is 7.05 Å². The Morgan fingerprint density at radius 1 is 1.44 bits per heavy atom. The van der Waals surface area contributed by atoms with Crippen molar-refractivity contribution in [3.05, 3.63) is 29.6 Å². The fourth-order valence-electron chi connectivity index (χ4n) is 1.79. The summed E-state index contributed by atoms with van der Waals surface area (Å²) in [5, 5.41) is 3.33. The second kappa shape index (κ2) is 4.89. The molecule has 3 nitrogen and oxygen atoms in total. The van der Waals surface area contributed by atoms with Gasteiger partial charge in [-0.05, 0) is 24.6 Å². The molecule has 2 aromatic rings. The van der Waals surface area contributed by atoms with Crippen LogP contribution in [0.25, 0.3) is 11.0 Å². The van der Waals surface area contributed by atoms with Crippen molar-refractivity contribution in [3.63, 3.8) is 0 Å². The number of rotatable bonds is 4. The van der Waals surface area contributed by atoms with Gasteiger partial charge < -0.3 is 9.88 Å². The molecule has 0 bridgehead atoms. The van der Waals surface area contributed by atoms with E-state index < -0.39 is 0 Å². The van der Waals surface area contributed by atoms with E-state index in [0.717, 1.165) is 30.2 Å². The van der Waals surface area contributed by atoms with E-state index >= 15 is 0 Å². The Morgan fingerprint density at radius 3 is 3.00 bits per heavy atom. The first-order chi connectivity index (χ1) is 7.72. The normalized spacial score (nSPS) is 11.2. The van der Waals surface area contributed by atoms with Gasteiger partial charge in [-0.1, -0.05) is 6.07 Å². The zero-order chi connectivity index (χ0) is 11.5. The quantitative estimate of drug-likeness (QED) is 0.626. The van der Waals surface area contributed by atoms with E-state index in [1.54, 1.807) is 0 Å². The molecule has 0 unspecified atom stereocenters. The van der Waals surface area contributed by atoms with Crippen LogP contribution in [0, 0.1) is 6.92 Å². The van der Waals surface area contributed by atoms with Crippen LogP contribution in [0.5, 0.6) is 0 Å². The third-order valence-electron chi connectivity index (χ3n) is 2.79. The van der Waals surface area contributed by atoms with E-state index in [4.69, 9.17) is 0 Å². The topological polar surface area (TPSA) is 29.9 Å². The molecule has 4 heteroatoms. The van der Waals surface area contributed by atoms with Crippen molar-refractivity contribution < 1.29 is 0 Å². The molecule has 0 saturated carbocycles. The first kappa shape index (κ1) is 11.5. The lowest BCUT2D eigenvalue weighted by molar-refractivity contribution is 0.733. The molecule has 0 aliphatic heterocycles. The van der Waals surface area contributed by atoms with Gasteiger partial charge >= 0.3 is 0 Å². The molecule has 1 aromatic carbocycles. The number of hydrogen-bond acceptors (Lipinski definition) is 3. The highest BCUT2D eigenvalue weighted by Crippen LogP contribution is 2.16. The summed E-state index contributed by atoms with van der Waals surface area (Å²) in [4.78, 5) is 4.52. The van der Waals surface area contributed by atoms with Crippen LogP contribution in [0.2, 0.25) is 0 Å². The number of thiol groups is 1. The maximum atomic E-state index is 4.52. The van der Waals surface area contributed by atoms with E-state index in [1.165, 1.54) is 11.1 Å². The maximum absolute atomic E-state index is 4.52. The molecule has 0 fully saturated rings. The average Bonchev–Trinajstić information content (AvgIpc) is 2.55. The van der Waals surface area contributed by atoms with E-state index in [-0.39, 0.29) is 0 Å². The first-order valence-corrected chi connectivity index (χ1v) is 6.09. The fourth-order valence-corrected chi connectivity index (χ4v) is 1.95. The van der Waals surface area contributed by atoms with Gasteiger partial charge in [0.25, 0.3) is 0 Å². The SMILES string of the molecule is Cc1nc2cc(CNCCS)ccc2n1C. The summed E-state index contributed by atoms with van der Waals surface area (Å²) >= 11 is 4.16. The van der Waals surface area contributed by atoms with Crippen molar-refractivity contribution in [3.8, 4) is 0 Å². The molecule has 2 rings (SSSR count). The zero-order valence-corrected chi connectivity index (χ0v) is 10.6. The monoisotopic (exact) mass is 235 g/mol. The molecule has 16 heavy (non-hydrogen) atoms. The summed E-state index contributed by atoms with van der Waals surface area (Å²) in [5.74, 6) is 1.92. The summed E-state index contributed by atoms with van der Waals surface area (Å²) in [6.07, 6.45) is 0. The van der Waals surface area contributed by atoms with Gasteiger partial charge in [0.15, 0.2) is 0 Å². The van der Waals surface area contributed by atoms with Crippen LogP contribution >= 0.6 is 12.6 Å². The lowest BCUT2D eigenvalue weighted by Gasteiger charge is -2.03. The summed E-state index contributed by atoms with van der Waals surface area (Å²) in [6, 6.07) is 6.43. The lowest BCUT2D eigenvalue weighted by atomic mass is 10.2. The van der Waals surface area contributed by atoms with Crippen LogP contribution in [0.4, 0.5) is 0 Å². The summed E-state index contributed by atoms with van der Waals surface area (Å²) in [5.41, 5.74) is 3.54. The smallest absolute Gasteiger partial charge is 0.106 e. The number of nitrogens with zero attached hydrogens (tertiary/aromatic N) is 2. The predicted octanol–water partition coefficient (Wildman–Crippen LogP) is 1.90. The molecule has 1 heterocycles. The predicted molar refractivity (Wildman–Crippen MR) is 71.0 cm³/mol. The standard InChI is InChI=1S/C12H17N3S/c1-9-14-11-7-10(8-13-5-6-16)3-4-12(11)15(9)2/h3-4,7,13,16H,5-6,8H2,1-2H3. The Balaban J connectivity index is 2.23. The van der Waals surface area contributed by atoms with Crippen molar-refractivity contribution >= 4 is 23.7 Å². The Bertz CT molecular complexity index is 490. The number of nitrogens with one attached hydrogen (secondary N) is 1. The number of fused-ring (bicyclic) bond motifs is 1. The third-order valence-corrected chi connectivity index (χ3v) is 3.01. The molecule has 1 aromatic heterocycles. The molecule has 0 radical (unpaired) electrons. The molecule has 86 valence electrons. The lowest BCUT2D eigenvalue weighted by Crippen LogP contribution is -2.15. The third kappa shape index (κ3) is 2.23. The minimum atomic E-state index is 0.866. The van der Waals surface area contributed by atoms with Gasteiger partial charge in [-0.25, -0.2) is 4.98 Å². The summed E-state index contributed by atoms with van der Waals surface area (Å²) < 4.78 is 2.11. The fraction of sp³-hybridized carbons (Fsp3) is 0.417. The molecule has 0 aliphatic rings. The minimum absolute atomic E-state index is 0.866. The molecular weight excluding hydrogens is 218 g/mol. The Morgan fingerprint density at radius 2 is 2.25 bits per heavy atom. The van der Waals surface area contributed by atoms with Crippen molar-refractivity contribution in [2.75, 3.05) is 12.3 Å². The minimum Gasteiger partial charge on any atom is -0.331 e. The molecular formula is C12H17N3S. The molecule has 0 aliphatic carbocycles. The highest BCUT2D eigenvalue weighted by Gasteiger charge is 2.04. The van der Waals surface area contributed by atoms with Gasteiger partial charge in [-0.2, -0.15) is 12.6 Å². The summed E-state index contributed by atoms with van der Waals surface area (Å²) in [6.45, 7) is 3.84. The first-order valence-electron chi connectivity index (χ1n) is 5.46. The molecule has 1 N–H and O–H groups in total. The van der Waals surface area contributed by atoms with E-state index in [1.807, 2.05) is 14.0 Å². The molecule has 0 atom stereocenters. The van der Waals surface area contributed by atoms with Crippen LogP contribution in [0.1, 0.15) is 11.4 Å². The summed E-state index contributed by atoms with van der Waals surface area (Å²) in [7, 11) is 2.05. The van der Waals surface area contributed by atoms with Gasteiger partial charge in [0.2, 0.25) is 0 Å². The Labute approximate surface area is 101 Å². The van der Waals surface area contributed by atoms with Crippen LogP contribution in [-0.4, -0.2) is 21.8 Å². The highest BCUT2D eigenvalue weighted by atomic mass is 32.1. The van der Waals surface area contributed by atoms with Gasteiger partial charge in [-0.15, -0.1) is 0 Å². The van der Waals surface area contributed by atoms with Crippen LogP contribution in [0.15, 0.2) is 18.2 Å².